The number of nitrogens with one attached hydrogen (secondary N) is 1. The molecule has 2 N–H and O–H groups in total. The molecule has 2 heterocycles. The molecule has 1 aliphatic rings. The Morgan fingerprint density at radius 1 is 1.12 bits per heavy atom. The maximum absolute atomic E-state index is 12.5. The maximum Gasteiger partial charge on any atom is 0.358 e. The minimum atomic E-state index is -0.272. The second kappa shape index (κ2) is 6.02. The van der Waals surface area contributed by atoms with Gasteiger partial charge in [-0.25, -0.2) is 9.78 Å². The van der Waals surface area contributed by atoms with Gasteiger partial charge in [0.25, 0.3) is 0 Å². The summed E-state index contributed by atoms with van der Waals surface area (Å²) in [6.07, 6.45) is 2.39. The average molecular weight is 332 g/mol. The van der Waals surface area contributed by atoms with E-state index in [1.54, 1.807) is 35.0 Å². The molecular weight excluding hydrogens is 314 g/mol. The second-order valence-corrected chi connectivity index (χ2v) is 6.20. The quantitative estimate of drug-likeness (QED) is 0.724. The van der Waals surface area contributed by atoms with E-state index in [-0.39, 0.29) is 17.7 Å². The number of carbonyl (C=O) groups excluding carboxylic acids is 1. The third kappa shape index (κ3) is 2.85. The fourth-order valence-corrected chi connectivity index (χ4v) is 3.04. The number of nitrogens with zero attached hydrogens (tertiary/aromatic N) is 2. The van der Waals surface area contributed by atoms with Crippen molar-refractivity contribution in [1.82, 2.24) is 4.98 Å². The van der Waals surface area contributed by atoms with Gasteiger partial charge in [0, 0.05) is 12.0 Å². The molecular formula is C20H18N3O2+. The van der Waals surface area contributed by atoms with E-state index in [0.29, 0.717) is 12.1 Å². The molecule has 0 aliphatic carbocycles. The van der Waals surface area contributed by atoms with Crippen LogP contribution in [0.5, 0.6) is 5.75 Å². The van der Waals surface area contributed by atoms with Gasteiger partial charge in [0.1, 0.15) is 23.3 Å². The van der Waals surface area contributed by atoms with Crippen LogP contribution in [0.1, 0.15) is 23.0 Å². The van der Waals surface area contributed by atoms with Crippen molar-refractivity contribution in [2.75, 3.05) is 5.32 Å². The number of rotatable bonds is 3. The molecule has 2 aromatic carbocycles. The number of phenolic OH excluding ortho intramolecular Hbond substituents is 1. The van der Waals surface area contributed by atoms with Crippen LogP contribution in [0.4, 0.5) is 5.82 Å². The van der Waals surface area contributed by atoms with Crippen LogP contribution in [-0.2, 0) is 6.42 Å². The Morgan fingerprint density at radius 3 is 2.56 bits per heavy atom. The zero-order valence-electron chi connectivity index (χ0n) is 13.8. The van der Waals surface area contributed by atoms with E-state index in [0.717, 1.165) is 22.6 Å². The van der Waals surface area contributed by atoms with Gasteiger partial charge in [-0.05, 0) is 36.8 Å². The van der Waals surface area contributed by atoms with Crippen LogP contribution in [-0.4, -0.2) is 22.0 Å². The number of phenols is 1. The Morgan fingerprint density at radius 2 is 1.84 bits per heavy atom. The molecule has 0 saturated carbocycles. The minimum Gasteiger partial charge on any atom is -0.508 e. The van der Waals surface area contributed by atoms with Gasteiger partial charge in [-0.1, -0.05) is 30.3 Å². The van der Waals surface area contributed by atoms with E-state index < -0.39 is 0 Å². The first kappa shape index (κ1) is 15.3. The topological polar surface area (TPSA) is 66.1 Å². The number of fused-ring (bicyclic) bond motifs is 1. The fraction of sp³-hybridized carbons (Fsp3) is 0.150. The summed E-state index contributed by atoms with van der Waals surface area (Å²) in [5, 5.41) is 12.7. The largest absolute Gasteiger partial charge is 0.508 e. The van der Waals surface area contributed by atoms with Gasteiger partial charge in [0.2, 0.25) is 0 Å². The van der Waals surface area contributed by atoms with Crippen LogP contribution < -0.4 is 9.88 Å². The van der Waals surface area contributed by atoms with E-state index in [1.165, 1.54) is 0 Å². The first-order valence-electron chi connectivity index (χ1n) is 8.21. The van der Waals surface area contributed by atoms with Crippen molar-refractivity contribution in [3.63, 3.8) is 0 Å². The standard InChI is InChI=1S/C20H17N3O2/c1-13-20(25)23-12-18(15-7-9-16(24)10-8-15)22-17(19(23)21-13)11-14-5-3-2-4-6-14/h2-10,12-13,24H,11H2,1H3/p+1. The number of hydrogen-bond donors (Lipinski definition) is 2. The van der Waals surface area contributed by atoms with Gasteiger partial charge < -0.3 is 5.11 Å². The van der Waals surface area contributed by atoms with Crippen LogP contribution in [0, 0.1) is 0 Å². The molecule has 3 aromatic rings. The zero-order valence-corrected chi connectivity index (χ0v) is 13.8. The summed E-state index contributed by atoms with van der Waals surface area (Å²) in [6, 6.07) is 16.6. The SMILES string of the molecule is CC1Nc2c(Cc3ccccc3)nc(-c3ccc(O)cc3)c[n+]2C1=O. The molecule has 0 saturated heterocycles. The van der Waals surface area contributed by atoms with Crippen molar-refractivity contribution in [2.24, 2.45) is 0 Å². The first-order chi connectivity index (χ1) is 12.1. The zero-order chi connectivity index (χ0) is 17.4. The summed E-state index contributed by atoms with van der Waals surface area (Å²) >= 11 is 0. The summed E-state index contributed by atoms with van der Waals surface area (Å²) in [4.78, 5) is 17.3. The smallest absolute Gasteiger partial charge is 0.358 e. The lowest BCUT2D eigenvalue weighted by Gasteiger charge is -2.07. The lowest BCUT2D eigenvalue weighted by atomic mass is 10.1. The molecule has 0 fully saturated rings. The Balaban J connectivity index is 1.83. The molecule has 5 nitrogen and oxygen atoms in total. The molecule has 25 heavy (non-hydrogen) atoms. The van der Waals surface area contributed by atoms with Crippen molar-refractivity contribution in [3.05, 3.63) is 72.1 Å². The maximum atomic E-state index is 12.5. The second-order valence-electron chi connectivity index (χ2n) is 6.20. The molecule has 124 valence electrons. The molecule has 1 unspecified atom stereocenters. The highest BCUT2D eigenvalue weighted by Gasteiger charge is 2.38. The van der Waals surface area contributed by atoms with Crippen molar-refractivity contribution >= 4 is 11.7 Å². The van der Waals surface area contributed by atoms with Gasteiger partial charge >= 0.3 is 11.7 Å². The van der Waals surface area contributed by atoms with Crippen molar-refractivity contribution in [1.29, 1.82) is 0 Å². The molecule has 0 radical (unpaired) electrons. The van der Waals surface area contributed by atoms with Crippen LogP contribution >= 0.6 is 0 Å². The molecule has 5 heteroatoms. The molecule has 1 atom stereocenters. The summed E-state index contributed by atoms with van der Waals surface area (Å²) < 4.78 is 1.65. The predicted octanol–water partition coefficient (Wildman–Crippen LogP) is 2.79. The Labute approximate surface area is 145 Å². The molecule has 1 aliphatic heterocycles. The van der Waals surface area contributed by atoms with Gasteiger partial charge in [0.15, 0.2) is 6.04 Å². The van der Waals surface area contributed by atoms with Gasteiger partial charge in [0.05, 0.1) is 0 Å². The molecule has 1 aromatic heterocycles. The number of anilines is 1. The van der Waals surface area contributed by atoms with E-state index in [2.05, 4.69) is 5.32 Å². The number of aromatic hydroxyl groups is 1. The molecule has 4 rings (SSSR count). The minimum absolute atomic E-state index is 0.00624. The van der Waals surface area contributed by atoms with Crippen LogP contribution in [0.2, 0.25) is 0 Å². The highest BCUT2D eigenvalue weighted by atomic mass is 16.3. The molecule has 0 amide bonds. The Hall–Kier alpha value is -3.21. The van der Waals surface area contributed by atoms with Crippen LogP contribution in [0.3, 0.4) is 0 Å². The normalized spacial score (nSPS) is 15.7. The molecule has 0 spiro atoms. The number of aromatic nitrogens is 2. The van der Waals surface area contributed by atoms with Crippen LogP contribution in [0.25, 0.3) is 11.3 Å². The third-order valence-corrected chi connectivity index (χ3v) is 4.36. The van der Waals surface area contributed by atoms with E-state index in [4.69, 9.17) is 4.98 Å². The van der Waals surface area contributed by atoms with E-state index in [1.807, 2.05) is 37.3 Å². The summed E-state index contributed by atoms with van der Waals surface area (Å²) in [5.41, 5.74) is 3.53. The van der Waals surface area contributed by atoms with Crippen molar-refractivity contribution in [2.45, 2.75) is 19.4 Å². The number of hydrogen-bond acceptors (Lipinski definition) is 4. The number of benzene rings is 2. The molecule has 0 bridgehead atoms. The van der Waals surface area contributed by atoms with E-state index >= 15 is 0 Å². The predicted molar refractivity (Wildman–Crippen MR) is 94.5 cm³/mol. The summed E-state index contributed by atoms with van der Waals surface area (Å²) in [5.74, 6) is 0.962. The highest BCUT2D eigenvalue weighted by molar-refractivity contribution is 5.81. The van der Waals surface area contributed by atoms with Gasteiger partial charge in [-0.2, -0.15) is 4.57 Å². The van der Waals surface area contributed by atoms with E-state index in [9.17, 15) is 9.90 Å². The van der Waals surface area contributed by atoms with Crippen molar-refractivity contribution < 1.29 is 14.5 Å². The summed E-state index contributed by atoms with van der Waals surface area (Å²) in [7, 11) is 0. The fourth-order valence-electron chi connectivity index (χ4n) is 3.04. The first-order valence-corrected chi connectivity index (χ1v) is 8.21. The lowest BCUT2D eigenvalue weighted by molar-refractivity contribution is -0.552. The van der Waals surface area contributed by atoms with Crippen LogP contribution in [0.15, 0.2) is 60.8 Å². The Kier molecular flexibility index (Phi) is 3.69. The van der Waals surface area contributed by atoms with Gasteiger partial charge in [-0.3, -0.25) is 5.32 Å². The Bertz CT molecular complexity index is 937. The number of carbonyl (C=O) groups is 1. The van der Waals surface area contributed by atoms with Gasteiger partial charge in [-0.15, -0.1) is 0 Å². The van der Waals surface area contributed by atoms with Crippen molar-refractivity contribution in [3.8, 4) is 17.0 Å². The summed E-state index contributed by atoms with van der Waals surface area (Å²) in [6.45, 7) is 1.85. The lowest BCUT2D eigenvalue weighted by Crippen LogP contribution is -2.42. The monoisotopic (exact) mass is 332 g/mol. The highest BCUT2D eigenvalue weighted by Crippen LogP contribution is 2.24. The third-order valence-electron chi connectivity index (χ3n) is 4.36. The average Bonchev–Trinajstić information content (AvgIpc) is 2.92.